The molecule has 7 nitrogen and oxygen atoms in total. The summed E-state index contributed by atoms with van der Waals surface area (Å²) in [6.07, 6.45) is 1.64. The zero-order valence-corrected chi connectivity index (χ0v) is 17.3. The Morgan fingerprint density at radius 2 is 1.93 bits per heavy atom. The summed E-state index contributed by atoms with van der Waals surface area (Å²) < 4.78 is 0. The molecule has 4 N–H and O–H groups in total. The monoisotopic (exact) mass is 403 g/mol. The van der Waals surface area contributed by atoms with Crippen molar-refractivity contribution < 1.29 is 9.90 Å². The van der Waals surface area contributed by atoms with Crippen molar-refractivity contribution in [1.82, 2.24) is 9.97 Å². The van der Waals surface area contributed by atoms with Gasteiger partial charge < -0.3 is 16.2 Å². The van der Waals surface area contributed by atoms with Crippen molar-refractivity contribution in [3.8, 4) is 0 Å². The highest BCUT2D eigenvalue weighted by Crippen LogP contribution is 2.28. The Labute approximate surface area is 175 Å². The summed E-state index contributed by atoms with van der Waals surface area (Å²) in [6.45, 7) is 6.22. The minimum absolute atomic E-state index is 0.254. The molecule has 1 aliphatic rings. The number of nitrogens with zero attached hydrogens (tertiary/aromatic N) is 3. The van der Waals surface area contributed by atoms with Crippen LogP contribution >= 0.6 is 0 Å². The number of carboxylic acid groups (broad SMARTS) is 1. The van der Waals surface area contributed by atoms with Crippen molar-refractivity contribution in [2.45, 2.75) is 33.2 Å². The average Bonchev–Trinajstić information content (AvgIpc) is 3.11. The summed E-state index contributed by atoms with van der Waals surface area (Å²) in [5.41, 5.74) is 12.6. The lowest BCUT2D eigenvalue weighted by Crippen LogP contribution is -2.04. The molecule has 30 heavy (non-hydrogen) atoms. The average molecular weight is 403 g/mol. The molecule has 4 rings (SSSR count). The van der Waals surface area contributed by atoms with Crippen LogP contribution < -0.4 is 11.1 Å². The number of benzene rings is 2. The quantitative estimate of drug-likeness (QED) is 0.596. The molecule has 0 spiro atoms. The zero-order valence-electron chi connectivity index (χ0n) is 17.3. The maximum atomic E-state index is 9.00. The molecule has 3 aromatic rings. The first-order valence-electron chi connectivity index (χ1n) is 9.66. The van der Waals surface area contributed by atoms with Gasteiger partial charge in [-0.25, -0.2) is 4.98 Å². The third kappa shape index (κ3) is 5.20. The van der Waals surface area contributed by atoms with Crippen LogP contribution in [0.2, 0.25) is 0 Å². The molecule has 0 saturated carbocycles. The zero-order chi connectivity index (χ0) is 21.7. The molecule has 1 aliphatic heterocycles. The summed E-state index contributed by atoms with van der Waals surface area (Å²) in [4.78, 5) is 21.9. The fourth-order valence-corrected chi connectivity index (χ4v) is 3.15. The number of aromatic nitrogens is 2. The van der Waals surface area contributed by atoms with E-state index < -0.39 is 5.97 Å². The predicted molar refractivity (Wildman–Crippen MR) is 119 cm³/mol. The van der Waals surface area contributed by atoms with E-state index in [0.717, 1.165) is 30.4 Å². The fraction of sp³-hybridized carbons (Fsp3) is 0.217. The fourth-order valence-electron chi connectivity index (χ4n) is 3.15. The van der Waals surface area contributed by atoms with E-state index >= 15 is 0 Å². The van der Waals surface area contributed by atoms with E-state index in [1.54, 1.807) is 12.3 Å². The number of carboxylic acids is 1. The van der Waals surface area contributed by atoms with Crippen molar-refractivity contribution in [1.29, 1.82) is 0 Å². The molecule has 0 saturated heterocycles. The van der Waals surface area contributed by atoms with Gasteiger partial charge >= 0.3 is 0 Å². The second-order valence-corrected chi connectivity index (χ2v) is 7.26. The van der Waals surface area contributed by atoms with Crippen LogP contribution in [0.5, 0.6) is 0 Å². The molecular weight excluding hydrogens is 378 g/mol. The number of nitrogen functional groups attached to an aromatic ring is 1. The van der Waals surface area contributed by atoms with Gasteiger partial charge in [0.15, 0.2) is 0 Å². The van der Waals surface area contributed by atoms with Crippen molar-refractivity contribution >= 4 is 29.1 Å². The van der Waals surface area contributed by atoms with E-state index in [9.17, 15) is 0 Å². The topological polar surface area (TPSA) is 113 Å². The Kier molecular flexibility index (Phi) is 6.41. The molecule has 0 bridgehead atoms. The molecule has 0 amide bonds. The van der Waals surface area contributed by atoms with Crippen molar-refractivity contribution in [2.75, 3.05) is 11.1 Å². The molecular formula is C23H25N5O2. The normalized spacial score (nSPS) is 11.9. The SMILES string of the molecule is CC(=O)O.CC(C)c1cccc(C2=NCc3ccc(Nc4ccnc(N)n4)cc32)c1. The molecule has 0 fully saturated rings. The summed E-state index contributed by atoms with van der Waals surface area (Å²) in [5.74, 6) is 0.590. The van der Waals surface area contributed by atoms with Crippen LogP contribution in [0, 0.1) is 0 Å². The summed E-state index contributed by atoms with van der Waals surface area (Å²) in [6, 6.07) is 16.7. The second-order valence-electron chi connectivity index (χ2n) is 7.26. The van der Waals surface area contributed by atoms with Gasteiger partial charge in [0.25, 0.3) is 5.97 Å². The first kappa shape index (κ1) is 21.0. The van der Waals surface area contributed by atoms with Crippen LogP contribution in [-0.2, 0) is 11.3 Å². The van der Waals surface area contributed by atoms with Gasteiger partial charge in [-0.3, -0.25) is 9.79 Å². The Hall–Kier alpha value is -3.74. The van der Waals surface area contributed by atoms with Crippen molar-refractivity contribution in [3.05, 3.63) is 77.0 Å². The van der Waals surface area contributed by atoms with E-state index in [2.05, 4.69) is 65.5 Å². The van der Waals surface area contributed by atoms with Crippen LogP contribution in [0.25, 0.3) is 0 Å². The number of aliphatic imine (C=N–C) groups is 1. The third-order valence-electron chi connectivity index (χ3n) is 4.55. The number of hydrogen-bond acceptors (Lipinski definition) is 6. The van der Waals surface area contributed by atoms with E-state index in [-0.39, 0.29) is 5.95 Å². The maximum absolute atomic E-state index is 9.00. The lowest BCUT2D eigenvalue weighted by molar-refractivity contribution is -0.134. The molecule has 1 aromatic heterocycles. The largest absolute Gasteiger partial charge is 0.481 e. The first-order valence-corrected chi connectivity index (χ1v) is 9.66. The molecule has 154 valence electrons. The number of aliphatic carboxylic acids is 1. The highest BCUT2D eigenvalue weighted by atomic mass is 16.4. The van der Waals surface area contributed by atoms with E-state index in [4.69, 9.17) is 20.6 Å². The van der Waals surface area contributed by atoms with Crippen LogP contribution in [0.1, 0.15) is 48.9 Å². The second kappa shape index (κ2) is 9.17. The van der Waals surface area contributed by atoms with Crippen molar-refractivity contribution in [2.24, 2.45) is 4.99 Å². The lowest BCUT2D eigenvalue weighted by atomic mass is 9.95. The Balaban J connectivity index is 0.000000589. The number of hydrogen-bond donors (Lipinski definition) is 3. The third-order valence-corrected chi connectivity index (χ3v) is 4.55. The van der Waals surface area contributed by atoms with Gasteiger partial charge in [0, 0.05) is 29.9 Å². The molecule has 2 heterocycles. The minimum atomic E-state index is -0.833. The van der Waals surface area contributed by atoms with Gasteiger partial charge in [-0.2, -0.15) is 4.98 Å². The van der Waals surface area contributed by atoms with Crippen LogP contribution in [0.3, 0.4) is 0 Å². The van der Waals surface area contributed by atoms with Crippen LogP contribution in [-0.4, -0.2) is 26.8 Å². The molecule has 0 aliphatic carbocycles. The lowest BCUT2D eigenvalue weighted by Gasteiger charge is -2.11. The van der Waals surface area contributed by atoms with E-state index in [1.807, 2.05) is 6.07 Å². The summed E-state index contributed by atoms with van der Waals surface area (Å²) in [5, 5.41) is 10.7. The number of anilines is 3. The van der Waals surface area contributed by atoms with Gasteiger partial charge in [0.2, 0.25) is 5.95 Å². The van der Waals surface area contributed by atoms with E-state index in [0.29, 0.717) is 11.7 Å². The number of fused-ring (bicyclic) bond motifs is 1. The number of carbonyl (C=O) groups is 1. The highest BCUT2D eigenvalue weighted by Gasteiger charge is 2.18. The molecule has 0 unspecified atom stereocenters. The molecule has 0 atom stereocenters. The van der Waals surface area contributed by atoms with Gasteiger partial charge in [-0.05, 0) is 41.3 Å². The first-order chi connectivity index (χ1) is 14.3. The number of nitrogens with two attached hydrogens (primary N) is 1. The molecule has 2 aromatic carbocycles. The van der Waals surface area contributed by atoms with Gasteiger partial charge in [-0.15, -0.1) is 0 Å². The maximum Gasteiger partial charge on any atom is 0.300 e. The number of rotatable bonds is 4. The summed E-state index contributed by atoms with van der Waals surface area (Å²) >= 11 is 0. The molecule has 7 heteroatoms. The standard InChI is InChI=1S/C21H21N5.C2H4O2/c1-13(2)14-4-3-5-15(10-14)20-18-11-17(7-6-16(18)12-24-20)25-19-8-9-23-21(22)26-19;1-2(3)4/h3-11,13H,12H2,1-2H3,(H3,22,23,25,26);1H3,(H,3,4). The Morgan fingerprint density at radius 1 is 1.17 bits per heavy atom. The number of nitrogens with one attached hydrogen (secondary N) is 1. The Bertz CT molecular complexity index is 1090. The molecule has 0 radical (unpaired) electrons. The van der Waals surface area contributed by atoms with Crippen molar-refractivity contribution in [3.63, 3.8) is 0 Å². The van der Waals surface area contributed by atoms with Gasteiger partial charge in [0.05, 0.1) is 12.3 Å². The van der Waals surface area contributed by atoms with Gasteiger partial charge in [-0.1, -0.05) is 38.1 Å². The van der Waals surface area contributed by atoms with Crippen LogP contribution in [0.15, 0.2) is 59.7 Å². The van der Waals surface area contributed by atoms with E-state index in [1.165, 1.54) is 16.7 Å². The minimum Gasteiger partial charge on any atom is -0.481 e. The summed E-state index contributed by atoms with van der Waals surface area (Å²) in [7, 11) is 0. The Morgan fingerprint density at radius 3 is 2.63 bits per heavy atom. The predicted octanol–water partition coefficient (Wildman–Crippen LogP) is 4.37. The van der Waals surface area contributed by atoms with Gasteiger partial charge in [0.1, 0.15) is 5.82 Å². The smallest absolute Gasteiger partial charge is 0.300 e. The van der Waals surface area contributed by atoms with Crippen LogP contribution in [0.4, 0.5) is 17.5 Å². The highest BCUT2D eigenvalue weighted by molar-refractivity contribution is 6.15.